The first-order valence-corrected chi connectivity index (χ1v) is 5.66. The summed E-state index contributed by atoms with van der Waals surface area (Å²) in [7, 11) is 0. The molecule has 2 N–H and O–H groups in total. The summed E-state index contributed by atoms with van der Waals surface area (Å²) in [5.74, 6) is 0. The average Bonchev–Trinajstić information content (AvgIpc) is 2.61. The molecular weight excluding hydrogens is 224 g/mol. The van der Waals surface area contributed by atoms with E-state index in [9.17, 15) is 0 Å². The fourth-order valence-electron chi connectivity index (χ4n) is 0.943. The van der Waals surface area contributed by atoms with Gasteiger partial charge in [0.05, 0.1) is 14.9 Å². The van der Waals surface area contributed by atoms with Crippen molar-refractivity contribution >= 4 is 39.3 Å². The first kappa shape index (κ1) is 8.99. The number of hydrogen-bond donors (Lipinski definition) is 1. The Hall–Kier alpha value is -0.580. The lowest BCUT2D eigenvalue weighted by molar-refractivity contribution is 1.28. The molecule has 2 aromatic rings. The zero-order valence-corrected chi connectivity index (χ0v) is 9.26. The van der Waals surface area contributed by atoms with Gasteiger partial charge in [0.25, 0.3) is 0 Å². The third-order valence-electron chi connectivity index (χ3n) is 1.62. The van der Waals surface area contributed by atoms with E-state index in [2.05, 4.69) is 4.98 Å². The van der Waals surface area contributed by atoms with Crippen LogP contribution in [0.2, 0.25) is 4.34 Å². The van der Waals surface area contributed by atoms with Crippen LogP contribution in [0, 0.1) is 6.92 Å². The van der Waals surface area contributed by atoms with E-state index < -0.39 is 0 Å². The molecule has 0 saturated carbocycles. The molecular formula is C8H7ClN2S2. The average molecular weight is 231 g/mol. The second kappa shape index (κ2) is 3.29. The predicted molar refractivity (Wildman–Crippen MR) is 59.6 cm³/mol. The Morgan fingerprint density at radius 1 is 1.38 bits per heavy atom. The lowest BCUT2D eigenvalue weighted by atomic mass is 10.5. The van der Waals surface area contributed by atoms with Gasteiger partial charge in [0.2, 0.25) is 0 Å². The van der Waals surface area contributed by atoms with Gasteiger partial charge in [-0.1, -0.05) is 22.9 Å². The summed E-state index contributed by atoms with van der Waals surface area (Å²) in [5.41, 5.74) is 6.61. The third kappa shape index (κ3) is 1.70. The molecule has 2 nitrogen and oxygen atoms in total. The number of hydrogen-bond acceptors (Lipinski definition) is 4. The summed E-state index contributed by atoms with van der Waals surface area (Å²) in [6.07, 6.45) is 0. The minimum Gasteiger partial charge on any atom is -0.389 e. The van der Waals surface area contributed by atoms with Gasteiger partial charge in [-0.25, -0.2) is 4.98 Å². The van der Waals surface area contributed by atoms with E-state index in [1.54, 1.807) is 0 Å². The van der Waals surface area contributed by atoms with Crippen molar-refractivity contribution in [3.05, 3.63) is 22.2 Å². The maximum absolute atomic E-state index is 5.82. The molecule has 0 aliphatic carbocycles. The molecule has 0 unspecified atom stereocenters. The predicted octanol–water partition coefficient (Wildman–Crippen LogP) is 3.42. The van der Waals surface area contributed by atoms with Gasteiger partial charge in [-0.15, -0.1) is 11.3 Å². The van der Waals surface area contributed by atoms with Crippen molar-refractivity contribution in [3.63, 3.8) is 0 Å². The van der Waals surface area contributed by atoms with Crippen LogP contribution in [0.5, 0.6) is 0 Å². The number of rotatable bonds is 1. The Bertz CT molecular complexity index is 414. The highest BCUT2D eigenvalue weighted by Crippen LogP contribution is 2.35. The fourth-order valence-corrected chi connectivity index (χ4v) is 2.87. The zero-order chi connectivity index (χ0) is 9.42. The molecule has 0 saturated heterocycles. The fraction of sp³-hybridized carbons (Fsp3) is 0.125. The molecule has 5 heteroatoms. The van der Waals surface area contributed by atoms with Gasteiger partial charge < -0.3 is 5.73 Å². The summed E-state index contributed by atoms with van der Waals surface area (Å²) in [6.45, 7) is 1.91. The van der Waals surface area contributed by atoms with Gasteiger partial charge in [-0.2, -0.15) is 0 Å². The molecule has 2 aromatic heterocycles. The van der Waals surface area contributed by atoms with Gasteiger partial charge in [-0.05, 0) is 19.1 Å². The number of nitrogens with two attached hydrogens (primary N) is 1. The molecule has 0 spiro atoms. The minimum atomic E-state index is 0.777. The lowest BCUT2D eigenvalue weighted by Crippen LogP contribution is -1.81. The number of thiophene rings is 1. The molecule has 13 heavy (non-hydrogen) atoms. The second-order valence-corrected chi connectivity index (χ2v) is 5.32. The van der Waals surface area contributed by atoms with Crippen molar-refractivity contribution in [2.75, 3.05) is 5.73 Å². The maximum Gasteiger partial charge on any atom is 0.135 e. The van der Waals surface area contributed by atoms with Gasteiger partial charge in [-0.3, -0.25) is 0 Å². The van der Waals surface area contributed by atoms with Crippen molar-refractivity contribution in [2.45, 2.75) is 6.92 Å². The normalized spacial score (nSPS) is 10.6. The summed E-state index contributed by atoms with van der Waals surface area (Å²) in [5, 5.41) is 1.73. The molecule has 0 bridgehead atoms. The summed E-state index contributed by atoms with van der Waals surface area (Å²) < 4.78 is 0.779. The second-order valence-electron chi connectivity index (χ2n) is 2.57. The van der Waals surface area contributed by atoms with Crippen molar-refractivity contribution in [1.29, 1.82) is 0 Å². The number of nitrogens with zero attached hydrogens (tertiary/aromatic N) is 1. The van der Waals surface area contributed by atoms with Crippen LogP contribution < -0.4 is 5.73 Å². The van der Waals surface area contributed by atoms with Crippen LogP contribution in [0.15, 0.2) is 12.1 Å². The topological polar surface area (TPSA) is 38.9 Å². The third-order valence-corrected chi connectivity index (χ3v) is 4.00. The Morgan fingerprint density at radius 3 is 2.62 bits per heavy atom. The van der Waals surface area contributed by atoms with Crippen LogP contribution >= 0.6 is 34.3 Å². The Labute approximate surface area is 89.0 Å². The van der Waals surface area contributed by atoms with E-state index >= 15 is 0 Å². The highest BCUT2D eigenvalue weighted by atomic mass is 35.5. The molecule has 0 aromatic carbocycles. The van der Waals surface area contributed by atoms with E-state index in [0.29, 0.717) is 0 Å². The van der Waals surface area contributed by atoms with E-state index in [0.717, 1.165) is 24.9 Å². The summed E-state index contributed by atoms with van der Waals surface area (Å²) in [4.78, 5) is 5.42. The zero-order valence-electron chi connectivity index (χ0n) is 6.87. The smallest absolute Gasteiger partial charge is 0.135 e. The lowest BCUT2D eigenvalue weighted by Gasteiger charge is -1.84. The van der Waals surface area contributed by atoms with Crippen molar-refractivity contribution in [3.8, 4) is 9.88 Å². The van der Waals surface area contributed by atoms with Gasteiger partial charge in [0.15, 0.2) is 0 Å². The Balaban J connectivity index is 2.46. The highest BCUT2D eigenvalue weighted by molar-refractivity contribution is 7.25. The molecule has 0 atom stereocenters. The molecule has 0 fully saturated rings. The highest BCUT2D eigenvalue weighted by Gasteiger charge is 2.08. The molecule has 0 radical (unpaired) electrons. The van der Waals surface area contributed by atoms with Crippen LogP contribution in [-0.4, -0.2) is 4.98 Å². The van der Waals surface area contributed by atoms with Crippen LogP contribution in [-0.2, 0) is 0 Å². The van der Waals surface area contributed by atoms with Gasteiger partial charge in [0, 0.05) is 0 Å². The first-order valence-electron chi connectivity index (χ1n) is 3.65. The number of aryl methyl sites for hydroxylation is 1. The number of thiazole rings is 1. The molecule has 0 amide bonds. The number of aromatic nitrogens is 1. The number of halogens is 1. The molecule has 2 rings (SSSR count). The van der Waals surface area contributed by atoms with Crippen molar-refractivity contribution in [1.82, 2.24) is 4.98 Å². The van der Waals surface area contributed by atoms with E-state index in [4.69, 9.17) is 17.3 Å². The molecule has 0 aliphatic rings. The van der Waals surface area contributed by atoms with Crippen LogP contribution in [0.25, 0.3) is 9.88 Å². The monoisotopic (exact) mass is 230 g/mol. The SMILES string of the molecule is Cc1nc(-c2ccc(Cl)s2)sc1N. The van der Waals surface area contributed by atoms with Crippen molar-refractivity contribution < 1.29 is 0 Å². The van der Waals surface area contributed by atoms with Crippen LogP contribution in [0.1, 0.15) is 5.69 Å². The van der Waals surface area contributed by atoms with E-state index in [1.807, 2.05) is 19.1 Å². The van der Waals surface area contributed by atoms with Crippen molar-refractivity contribution in [2.24, 2.45) is 0 Å². The Kier molecular flexibility index (Phi) is 2.27. The quantitative estimate of drug-likeness (QED) is 0.816. The largest absolute Gasteiger partial charge is 0.389 e. The summed E-state index contributed by atoms with van der Waals surface area (Å²) in [6, 6.07) is 3.83. The minimum absolute atomic E-state index is 0.777. The van der Waals surface area contributed by atoms with Crippen LogP contribution in [0.3, 0.4) is 0 Å². The number of anilines is 1. The number of nitrogen functional groups attached to an aromatic ring is 1. The molecule has 68 valence electrons. The molecule has 2 heterocycles. The molecule has 0 aliphatic heterocycles. The van der Waals surface area contributed by atoms with E-state index in [1.165, 1.54) is 22.7 Å². The van der Waals surface area contributed by atoms with E-state index in [-0.39, 0.29) is 0 Å². The van der Waals surface area contributed by atoms with Gasteiger partial charge >= 0.3 is 0 Å². The standard InChI is InChI=1S/C8H7ClN2S2/c1-4-7(10)13-8(11-4)5-2-3-6(9)12-5/h2-3H,10H2,1H3. The van der Waals surface area contributed by atoms with Crippen LogP contribution in [0.4, 0.5) is 5.00 Å². The van der Waals surface area contributed by atoms with Gasteiger partial charge in [0.1, 0.15) is 10.0 Å². The Morgan fingerprint density at radius 2 is 2.15 bits per heavy atom. The maximum atomic E-state index is 5.82. The summed E-state index contributed by atoms with van der Waals surface area (Å²) >= 11 is 8.84. The first-order chi connectivity index (χ1) is 6.16.